The summed E-state index contributed by atoms with van der Waals surface area (Å²) in [5.41, 5.74) is 1.56. The van der Waals surface area contributed by atoms with E-state index >= 15 is 0 Å². The Hall–Kier alpha value is -0.420. The van der Waals surface area contributed by atoms with Gasteiger partial charge < -0.3 is 0 Å². The summed E-state index contributed by atoms with van der Waals surface area (Å²) in [6.45, 7) is 1.82. The number of hydrogen-bond donors (Lipinski definition) is 0. The van der Waals surface area contributed by atoms with Crippen LogP contribution in [0.4, 0.5) is 4.39 Å². The molecule has 0 atom stereocenters. The molecule has 0 N–H and O–H groups in total. The van der Waals surface area contributed by atoms with Gasteiger partial charge in [-0.3, -0.25) is 4.98 Å². The first-order valence-corrected chi connectivity index (χ1v) is 5.45. The van der Waals surface area contributed by atoms with Crippen molar-refractivity contribution < 1.29 is 4.39 Å². The smallest absolute Gasteiger partial charge is 0.124 e. The number of nitrogens with zero attached hydrogens (tertiary/aromatic N) is 1. The molecule has 2 aromatic rings. The molecule has 0 saturated heterocycles. The third-order valence-electron chi connectivity index (χ3n) is 2.02. The molecule has 14 heavy (non-hydrogen) atoms. The van der Waals surface area contributed by atoms with Crippen molar-refractivity contribution in [1.82, 2.24) is 4.98 Å². The van der Waals surface area contributed by atoms with Gasteiger partial charge in [-0.2, -0.15) is 0 Å². The molecule has 0 bridgehead atoms. The van der Waals surface area contributed by atoms with Crippen LogP contribution in [0.25, 0.3) is 10.9 Å². The molecule has 0 unspecified atom stereocenters. The molecule has 0 aliphatic rings. The number of hydrogen-bond acceptors (Lipinski definition) is 1. The molecule has 1 nitrogen and oxygen atoms in total. The van der Waals surface area contributed by atoms with Crippen LogP contribution >= 0.6 is 34.2 Å². The fourth-order valence-electron chi connectivity index (χ4n) is 1.38. The number of fused-ring (bicyclic) bond motifs is 1. The first-order valence-electron chi connectivity index (χ1n) is 3.99. The van der Waals surface area contributed by atoms with Gasteiger partial charge in [0, 0.05) is 11.6 Å². The van der Waals surface area contributed by atoms with Crippen molar-refractivity contribution in [3.63, 3.8) is 0 Å². The third kappa shape index (κ3) is 1.59. The Morgan fingerprint density at radius 3 is 2.86 bits per heavy atom. The maximum absolute atomic E-state index is 13.1. The molecule has 0 aliphatic carbocycles. The number of aromatic nitrogens is 1. The lowest BCUT2D eigenvalue weighted by molar-refractivity contribution is 0.628. The van der Waals surface area contributed by atoms with Crippen molar-refractivity contribution in [3.8, 4) is 0 Å². The Morgan fingerprint density at radius 2 is 2.14 bits per heavy atom. The Bertz CT molecular complexity index is 513. The van der Waals surface area contributed by atoms with Crippen LogP contribution in [0.2, 0.25) is 5.02 Å². The van der Waals surface area contributed by atoms with Gasteiger partial charge in [0.05, 0.1) is 14.1 Å². The second kappa shape index (κ2) is 3.62. The average Bonchev–Trinajstić information content (AvgIpc) is 2.12. The Kier molecular flexibility index (Phi) is 2.62. The summed E-state index contributed by atoms with van der Waals surface area (Å²) in [4.78, 5) is 4.22. The van der Waals surface area contributed by atoms with E-state index in [0.29, 0.717) is 10.4 Å². The zero-order chi connectivity index (χ0) is 10.3. The van der Waals surface area contributed by atoms with Crippen molar-refractivity contribution in [1.29, 1.82) is 0 Å². The second-order valence-electron chi connectivity index (χ2n) is 3.04. The Balaban J connectivity index is 2.95. The molecule has 0 radical (unpaired) electrons. The molecule has 0 saturated carbocycles. The van der Waals surface area contributed by atoms with Gasteiger partial charge in [-0.05, 0) is 47.2 Å². The predicted octanol–water partition coefficient (Wildman–Crippen LogP) is 3.94. The van der Waals surface area contributed by atoms with Gasteiger partial charge in [0.2, 0.25) is 0 Å². The van der Waals surface area contributed by atoms with Gasteiger partial charge in [-0.25, -0.2) is 4.39 Å². The van der Waals surface area contributed by atoms with Crippen LogP contribution in [0.15, 0.2) is 18.3 Å². The summed E-state index contributed by atoms with van der Waals surface area (Å²) in [5, 5.41) is 1.24. The highest BCUT2D eigenvalue weighted by molar-refractivity contribution is 14.1. The number of aryl methyl sites for hydroxylation is 1. The predicted molar refractivity (Wildman–Crippen MR) is 64.2 cm³/mol. The Morgan fingerprint density at radius 1 is 1.43 bits per heavy atom. The standard InChI is InChI=1S/C10H6ClFIN/c1-5-2-6(12)3-7-9(11)8(13)4-14-10(5)7/h2-4H,1H3. The van der Waals surface area contributed by atoms with Crippen molar-refractivity contribution in [2.24, 2.45) is 0 Å². The van der Waals surface area contributed by atoms with Crippen LogP contribution < -0.4 is 0 Å². The van der Waals surface area contributed by atoms with E-state index in [0.717, 1.165) is 14.7 Å². The Labute approximate surface area is 99.4 Å². The minimum absolute atomic E-state index is 0.277. The topological polar surface area (TPSA) is 12.9 Å². The van der Waals surface area contributed by atoms with Crippen molar-refractivity contribution in [3.05, 3.63) is 38.3 Å². The highest BCUT2D eigenvalue weighted by Gasteiger charge is 2.08. The normalized spacial score (nSPS) is 10.9. The largest absolute Gasteiger partial charge is 0.255 e. The van der Waals surface area contributed by atoms with Gasteiger partial charge in [0.15, 0.2) is 0 Å². The van der Waals surface area contributed by atoms with E-state index in [1.165, 1.54) is 12.1 Å². The maximum Gasteiger partial charge on any atom is 0.124 e. The van der Waals surface area contributed by atoms with E-state index in [2.05, 4.69) is 27.6 Å². The van der Waals surface area contributed by atoms with E-state index in [4.69, 9.17) is 11.6 Å². The third-order valence-corrected chi connectivity index (χ3v) is 3.56. The van der Waals surface area contributed by atoms with Crippen LogP contribution in [0, 0.1) is 16.3 Å². The molecule has 1 heterocycles. The summed E-state index contributed by atoms with van der Waals surface area (Å²) in [7, 11) is 0. The summed E-state index contributed by atoms with van der Waals surface area (Å²) >= 11 is 8.13. The van der Waals surface area contributed by atoms with Gasteiger partial charge in [0.25, 0.3) is 0 Å². The van der Waals surface area contributed by atoms with E-state index < -0.39 is 0 Å². The first kappa shape index (κ1) is 10.1. The van der Waals surface area contributed by atoms with Crippen molar-refractivity contribution in [2.45, 2.75) is 6.92 Å². The summed E-state index contributed by atoms with van der Waals surface area (Å²) in [5.74, 6) is -0.277. The quantitative estimate of drug-likeness (QED) is 0.670. The van der Waals surface area contributed by atoms with Gasteiger partial charge >= 0.3 is 0 Å². The molecular formula is C10H6ClFIN. The van der Waals surface area contributed by atoms with Crippen LogP contribution in [-0.2, 0) is 0 Å². The van der Waals surface area contributed by atoms with Crippen molar-refractivity contribution >= 4 is 45.1 Å². The molecule has 0 fully saturated rings. The number of halogens is 3. The summed E-state index contributed by atoms with van der Waals surface area (Å²) < 4.78 is 14.0. The van der Waals surface area contributed by atoms with E-state index in [1.807, 2.05) is 6.92 Å². The fraction of sp³-hybridized carbons (Fsp3) is 0.100. The minimum Gasteiger partial charge on any atom is -0.255 e. The van der Waals surface area contributed by atoms with Gasteiger partial charge in [-0.1, -0.05) is 11.6 Å². The molecule has 2 rings (SSSR count). The van der Waals surface area contributed by atoms with Crippen LogP contribution in [-0.4, -0.2) is 4.98 Å². The molecule has 1 aromatic heterocycles. The monoisotopic (exact) mass is 321 g/mol. The molecule has 4 heteroatoms. The fourth-order valence-corrected chi connectivity index (χ4v) is 2.00. The van der Waals surface area contributed by atoms with Crippen LogP contribution in [0.1, 0.15) is 5.56 Å². The summed E-state index contributed by atoms with van der Waals surface area (Å²) in [6, 6.07) is 2.87. The van der Waals surface area contributed by atoms with Gasteiger partial charge in [-0.15, -0.1) is 0 Å². The molecular weight excluding hydrogens is 315 g/mol. The van der Waals surface area contributed by atoms with Crippen molar-refractivity contribution in [2.75, 3.05) is 0 Å². The average molecular weight is 322 g/mol. The zero-order valence-corrected chi connectivity index (χ0v) is 10.2. The zero-order valence-electron chi connectivity index (χ0n) is 7.31. The first-order chi connectivity index (χ1) is 6.59. The van der Waals surface area contributed by atoms with E-state index in [9.17, 15) is 4.39 Å². The molecule has 72 valence electrons. The number of pyridine rings is 1. The highest BCUT2D eigenvalue weighted by atomic mass is 127. The molecule has 0 aliphatic heterocycles. The SMILES string of the molecule is Cc1cc(F)cc2c(Cl)c(I)cnc12. The maximum atomic E-state index is 13.1. The number of benzene rings is 1. The summed E-state index contributed by atoms with van der Waals surface area (Å²) in [6.07, 6.45) is 1.69. The molecule has 0 spiro atoms. The lowest BCUT2D eigenvalue weighted by Crippen LogP contribution is -1.88. The van der Waals surface area contributed by atoms with Crippen LogP contribution in [0.5, 0.6) is 0 Å². The lowest BCUT2D eigenvalue weighted by atomic mass is 10.1. The number of rotatable bonds is 0. The minimum atomic E-state index is -0.277. The van der Waals surface area contributed by atoms with E-state index in [1.54, 1.807) is 6.20 Å². The van der Waals surface area contributed by atoms with E-state index in [-0.39, 0.29) is 5.82 Å². The molecule has 0 amide bonds. The molecule has 1 aromatic carbocycles. The second-order valence-corrected chi connectivity index (χ2v) is 4.58. The highest BCUT2D eigenvalue weighted by Crippen LogP contribution is 2.28. The lowest BCUT2D eigenvalue weighted by Gasteiger charge is -2.04. The van der Waals surface area contributed by atoms with Crippen LogP contribution in [0.3, 0.4) is 0 Å². The van der Waals surface area contributed by atoms with Gasteiger partial charge in [0.1, 0.15) is 5.82 Å².